The van der Waals surface area contributed by atoms with Crippen LogP contribution in [0.2, 0.25) is 0 Å². The summed E-state index contributed by atoms with van der Waals surface area (Å²) in [5.41, 5.74) is 1.47. The minimum absolute atomic E-state index is 0.0276. The maximum atomic E-state index is 12.4. The summed E-state index contributed by atoms with van der Waals surface area (Å²) >= 11 is 1.62. The lowest BCUT2D eigenvalue weighted by molar-refractivity contribution is -0.153. The molecule has 0 aliphatic carbocycles. The van der Waals surface area contributed by atoms with Gasteiger partial charge in [0.05, 0.1) is 0 Å². The van der Waals surface area contributed by atoms with E-state index in [0.717, 1.165) is 5.56 Å². The third-order valence-corrected chi connectivity index (χ3v) is 4.29. The second-order valence-electron chi connectivity index (χ2n) is 5.30. The minimum Gasteiger partial charge on any atom is -0.340 e. The molecule has 0 saturated carbocycles. The first-order valence-electron chi connectivity index (χ1n) is 5.97. The highest BCUT2D eigenvalue weighted by Crippen LogP contribution is 2.23. The van der Waals surface area contributed by atoms with Crippen molar-refractivity contribution in [1.82, 2.24) is 10.2 Å². The van der Waals surface area contributed by atoms with E-state index in [1.807, 2.05) is 12.3 Å². The van der Waals surface area contributed by atoms with Crippen LogP contribution < -0.4 is 5.32 Å². The molecule has 98 valence electrons. The first-order chi connectivity index (χ1) is 8.33. The van der Waals surface area contributed by atoms with Gasteiger partial charge in [-0.25, -0.2) is 0 Å². The van der Waals surface area contributed by atoms with Crippen LogP contribution >= 0.6 is 11.3 Å². The number of nitrogens with zero attached hydrogens (tertiary/aromatic N) is 1. The fourth-order valence-corrected chi connectivity index (χ4v) is 2.93. The molecule has 18 heavy (non-hydrogen) atoms. The van der Waals surface area contributed by atoms with Gasteiger partial charge in [-0.05, 0) is 49.6 Å². The molecule has 1 atom stereocenters. The molecule has 1 unspecified atom stereocenters. The monoisotopic (exact) mass is 266 g/mol. The van der Waals surface area contributed by atoms with Gasteiger partial charge in [0.2, 0.25) is 11.8 Å². The topological polar surface area (TPSA) is 49.4 Å². The first kappa shape index (κ1) is 13.1. The Hall–Kier alpha value is -1.36. The zero-order valence-corrected chi connectivity index (χ0v) is 11.9. The summed E-state index contributed by atoms with van der Waals surface area (Å²) in [4.78, 5) is 25.9. The maximum Gasteiger partial charge on any atom is 0.248 e. The summed E-state index contributed by atoms with van der Waals surface area (Å²) in [6.07, 6.45) is 0. The molecular weight excluding hydrogens is 248 g/mol. The minimum atomic E-state index is -0.812. The average molecular weight is 266 g/mol. The van der Waals surface area contributed by atoms with Gasteiger partial charge in [0.1, 0.15) is 11.6 Å². The Bertz CT molecular complexity index is 493. The van der Waals surface area contributed by atoms with Gasteiger partial charge in [0.15, 0.2) is 0 Å². The number of hydrogen-bond donors (Lipinski definition) is 1. The van der Waals surface area contributed by atoms with Crippen LogP contribution in [0.3, 0.4) is 0 Å². The molecule has 5 heteroatoms. The zero-order valence-electron chi connectivity index (χ0n) is 11.1. The molecule has 1 fully saturated rings. The number of carbonyl (C=O) groups is 2. The van der Waals surface area contributed by atoms with E-state index in [-0.39, 0.29) is 11.8 Å². The van der Waals surface area contributed by atoms with Crippen LogP contribution in [0.5, 0.6) is 0 Å². The fourth-order valence-electron chi connectivity index (χ4n) is 2.08. The third kappa shape index (κ3) is 2.14. The van der Waals surface area contributed by atoms with Crippen molar-refractivity contribution in [3.63, 3.8) is 0 Å². The van der Waals surface area contributed by atoms with E-state index in [9.17, 15) is 9.59 Å². The SMILES string of the molecule is Cc1cscc1CN1C(=O)C(C)(C)NC(=O)C1C. The molecule has 1 aliphatic rings. The Kier molecular flexibility index (Phi) is 3.19. The van der Waals surface area contributed by atoms with E-state index >= 15 is 0 Å². The summed E-state index contributed by atoms with van der Waals surface area (Å²) in [6.45, 7) is 7.78. The van der Waals surface area contributed by atoms with Gasteiger partial charge in [-0.2, -0.15) is 11.3 Å². The summed E-state index contributed by atoms with van der Waals surface area (Å²) < 4.78 is 0. The van der Waals surface area contributed by atoms with E-state index in [4.69, 9.17) is 0 Å². The summed E-state index contributed by atoms with van der Waals surface area (Å²) in [6, 6.07) is -0.412. The van der Waals surface area contributed by atoms with Crippen LogP contribution in [0.15, 0.2) is 10.8 Å². The van der Waals surface area contributed by atoms with Crippen LogP contribution in [-0.2, 0) is 16.1 Å². The van der Waals surface area contributed by atoms with Crippen molar-refractivity contribution in [2.24, 2.45) is 0 Å². The summed E-state index contributed by atoms with van der Waals surface area (Å²) in [5, 5.41) is 6.84. The largest absolute Gasteiger partial charge is 0.340 e. The van der Waals surface area contributed by atoms with E-state index in [1.165, 1.54) is 5.56 Å². The van der Waals surface area contributed by atoms with E-state index in [1.54, 1.807) is 37.0 Å². The van der Waals surface area contributed by atoms with E-state index < -0.39 is 11.6 Å². The number of thiophene rings is 1. The van der Waals surface area contributed by atoms with Crippen molar-refractivity contribution in [1.29, 1.82) is 0 Å². The third-order valence-electron chi connectivity index (χ3n) is 3.38. The van der Waals surface area contributed by atoms with Crippen molar-refractivity contribution < 1.29 is 9.59 Å². The van der Waals surface area contributed by atoms with Crippen LogP contribution in [0.25, 0.3) is 0 Å². The van der Waals surface area contributed by atoms with E-state index in [0.29, 0.717) is 6.54 Å². The second-order valence-corrected chi connectivity index (χ2v) is 6.05. The summed E-state index contributed by atoms with van der Waals surface area (Å²) in [7, 11) is 0. The van der Waals surface area contributed by atoms with Gasteiger partial charge in [-0.1, -0.05) is 0 Å². The van der Waals surface area contributed by atoms with Crippen LogP contribution in [0.4, 0.5) is 0 Å². The number of hydrogen-bond acceptors (Lipinski definition) is 3. The highest BCUT2D eigenvalue weighted by atomic mass is 32.1. The van der Waals surface area contributed by atoms with Gasteiger partial charge in [-0.15, -0.1) is 0 Å². The van der Waals surface area contributed by atoms with Crippen molar-refractivity contribution in [2.45, 2.75) is 45.8 Å². The predicted molar refractivity (Wildman–Crippen MR) is 71.3 cm³/mol. The standard InChI is InChI=1S/C13H18N2O2S/c1-8-6-18-7-10(8)5-15-9(2)11(16)14-13(3,4)12(15)17/h6-7,9H,5H2,1-4H3,(H,14,16). The van der Waals surface area contributed by atoms with E-state index in [2.05, 4.69) is 10.7 Å². The number of carbonyl (C=O) groups excluding carboxylic acids is 2. The molecule has 2 amide bonds. The second kappa shape index (κ2) is 4.39. The van der Waals surface area contributed by atoms with Gasteiger partial charge in [0.25, 0.3) is 0 Å². The Morgan fingerprint density at radius 3 is 2.61 bits per heavy atom. The first-order valence-corrected chi connectivity index (χ1v) is 6.92. The molecule has 1 aliphatic heterocycles. The lowest BCUT2D eigenvalue weighted by atomic mass is 9.97. The highest BCUT2D eigenvalue weighted by molar-refractivity contribution is 7.08. The molecule has 4 nitrogen and oxygen atoms in total. The molecule has 0 spiro atoms. The Balaban J connectivity index is 2.27. The quantitative estimate of drug-likeness (QED) is 0.885. The van der Waals surface area contributed by atoms with Gasteiger partial charge < -0.3 is 10.2 Å². The zero-order chi connectivity index (χ0) is 13.5. The lowest BCUT2D eigenvalue weighted by Gasteiger charge is -2.41. The molecule has 2 rings (SSSR count). The van der Waals surface area contributed by atoms with Crippen LogP contribution in [0, 0.1) is 6.92 Å². The smallest absolute Gasteiger partial charge is 0.248 e. The molecule has 0 radical (unpaired) electrons. The highest BCUT2D eigenvalue weighted by Gasteiger charge is 2.43. The Labute approximate surface area is 111 Å². The van der Waals surface area contributed by atoms with Crippen LogP contribution in [0.1, 0.15) is 31.9 Å². The number of aryl methyl sites for hydroxylation is 1. The Morgan fingerprint density at radius 2 is 2.06 bits per heavy atom. The molecule has 2 heterocycles. The number of piperazine rings is 1. The molecule has 1 aromatic heterocycles. The van der Waals surface area contributed by atoms with Gasteiger partial charge in [-0.3, -0.25) is 9.59 Å². The van der Waals surface area contributed by atoms with Crippen LogP contribution in [-0.4, -0.2) is 28.3 Å². The number of rotatable bonds is 2. The van der Waals surface area contributed by atoms with Crippen molar-refractivity contribution >= 4 is 23.2 Å². The molecule has 0 aromatic carbocycles. The number of nitrogens with one attached hydrogen (secondary N) is 1. The normalized spacial score (nSPS) is 23.1. The Morgan fingerprint density at radius 1 is 1.39 bits per heavy atom. The lowest BCUT2D eigenvalue weighted by Crippen LogP contribution is -2.66. The molecule has 1 saturated heterocycles. The molecule has 0 bridgehead atoms. The predicted octanol–water partition coefficient (Wildman–Crippen LogP) is 1.68. The molecular formula is C13H18N2O2S. The average Bonchev–Trinajstić information content (AvgIpc) is 2.67. The molecule has 1 N–H and O–H groups in total. The maximum absolute atomic E-state index is 12.4. The van der Waals surface area contributed by atoms with Gasteiger partial charge in [0, 0.05) is 6.54 Å². The molecule has 1 aromatic rings. The van der Waals surface area contributed by atoms with Crippen molar-refractivity contribution in [2.75, 3.05) is 0 Å². The number of amides is 2. The van der Waals surface area contributed by atoms with Crippen molar-refractivity contribution in [3.05, 3.63) is 21.9 Å². The fraction of sp³-hybridized carbons (Fsp3) is 0.538. The summed E-state index contributed by atoms with van der Waals surface area (Å²) in [5.74, 6) is -0.118. The van der Waals surface area contributed by atoms with Gasteiger partial charge >= 0.3 is 0 Å². The van der Waals surface area contributed by atoms with Crippen molar-refractivity contribution in [3.8, 4) is 0 Å².